The third kappa shape index (κ3) is 8.56. The molecule has 0 spiro atoms. The number of hydrogen-bond donors (Lipinski definition) is 3. The van der Waals surface area contributed by atoms with E-state index >= 15 is 0 Å². The number of aliphatic hydroxyl groups excluding tert-OH is 1. The zero-order valence-electron chi connectivity index (χ0n) is 21.4. The Hall–Kier alpha value is -3.11. The molecule has 0 bridgehead atoms. The van der Waals surface area contributed by atoms with E-state index in [2.05, 4.69) is 5.32 Å². The summed E-state index contributed by atoms with van der Waals surface area (Å²) in [6, 6.07) is 8.34. The van der Waals surface area contributed by atoms with Crippen molar-refractivity contribution in [3.05, 3.63) is 48.4 Å². The zero-order valence-corrected chi connectivity index (χ0v) is 21.4. The summed E-state index contributed by atoms with van der Waals surface area (Å²) in [5.41, 5.74) is -1.05. The number of amides is 3. The maximum absolute atomic E-state index is 13.9. The van der Waals surface area contributed by atoms with Crippen molar-refractivity contribution >= 4 is 17.9 Å². The SMILES string of the molecule is CCC(=O)N(C(=O)N(C[C@H](OCC(C)O)c1ccccc1)C(CC)O/C=C\NC)C(C)(C)C(=O)O. The van der Waals surface area contributed by atoms with Crippen LogP contribution in [0.1, 0.15) is 59.1 Å². The second kappa shape index (κ2) is 14.3. The number of carbonyl (C=O) groups excluding carboxylic acids is 2. The summed E-state index contributed by atoms with van der Waals surface area (Å²) >= 11 is 0. The topological polar surface area (TPSA) is 129 Å². The van der Waals surface area contributed by atoms with E-state index in [1.807, 2.05) is 30.3 Å². The summed E-state index contributed by atoms with van der Waals surface area (Å²) in [6.07, 6.45) is 0.966. The number of urea groups is 1. The molecule has 0 aliphatic heterocycles. The van der Waals surface area contributed by atoms with Crippen LogP contribution in [-0.4, -0.2) is 76.0 Å². The highest BCUT2D eigenvalue weighted by atomic mass is 16.5. The van der Waals surface area contributed by atoms with Crippen molar-refractivity contribution in [2.24, 2.45) is 0 Å². The van der Waals surface area contributed by atoms with Gasteiger partial charge in [-0.05, 0) is 26.3 Å². The van der Waals surface area contributed by atoms with Gasteiger partial charge in [0.1, 0.15) is 17.9 Å². The molecule has 0 aliphatic carbocycles. The normalized spacial score (nSPS) is 14.1. The molecule has 1 aromatic carbocycles. The van der Waals surface area contributed by atoms with Crippen LogP contribution in [0.4, 0.5) is 4.79 Å². The predicted molar refractivity (Wildman–Crippen MR) is 131 cm³/mol. The van der Waals surface area contributed by atoms with Crippen molar-refractivity contribution in [3.63, 3.8) is 0 Å². The lowest BCUT2D eigenvalue weighted by atomic mass is 10.0. The fraction of sp³-hybridized carbons (Fsp3) is 0.560. The molecule has 10 nitrogen and oxygen atoms in total. The Morgan fingerprint density at radius 3 is 2.29 bits per heavy atom. The molecule has 3 N–H and O–H groups in total. The fourth-order valence-corrected chi connectivity index (χ4v) is 3.30. The molecule has 1 aromatic rings. The van der Waals surface area contributed by atoms with Gasteiger partial charge in [-0.1, -0.05) is 44.2 Å². The van der Waals surface area contributed by atoms with Crippen molar-refractivity contribution in [2.45, 2.75) is 71.4 Å². The summed E-state index contributed by atoms with van der Waals surface area (Å²) < 4.78 is 11.7. The van der Waals surface area contributed by atoms with Crippen LogP contribution in [-0.2, 0) is 19.1 Å². The van der Waals surface area contributed by atoms with Gasteiger partial charge in [0.25, 0.3) is 0 Å². The molecular formula is C25H39N3O7. The van der Waals surface area contributed by atoms with E-state index in [0.29, 0.717) is 6.42 Å². The second-order valence-electron chi connectivity index (χ2n) is 8.55. The van der Waals surface area contributed by atoms with Crippen molar-refractivity contribution in [3.8, 4) is 0 Å². The molecule has 10 heteroatoms. The Morgan fingerprint density at radius 2 is 1.80 bits per heavy atom. The average molecular weight is 494 g/mol. The van der Waals surface area contributed by atoms with E-state index in [0.717, 1.165) is 10.5 Å². The van der Waals surface area contributed by atoms with Crippen molar-refractivity contribution in [1.82, 2.24) is 15.1 Å². The Balaban J connectivity index is 3.54. The number of nitrogens with one attached hydrogen (secondary N) is 1. The minimum absolute atomic E-state index is 0.0110. The highest BCUT2D eigenvalue weighted by Crippen LogP contribution is 2.26. The Labute approximate surface area is 207 Å². The third-order valence-electron chi connectivity index (χ3n) is 5.31. The van der Waals surface area contributed by atoms with Gasteiger partial charge in [-0.25, -0.2) is 14.5 Å². The molecule has 2 unspecified atom stereocenters. The van der Waals surface area contributed by atoms with Crippen LogP contribution >= 0.6 is 0 Å². The molecule has 0 heterocycles. The van der Waals surface area contributed by atoms with Crippen LogP contribution in [0.25, 0.3) is 0 Å². The fourth-order valence-electron chi connectivity index (χ4n) is 3.30. The lowest BCUT2D eigenvalue weighted by molar-refractivity contribution is -0.155. The monoisotopic (exact) mass is 493 g/mol. The smallest absolute Gasteiger partial charge is 0.330 e. The first-order chi connectivity index (χ1) is 16.5. The lowest BCUT2D eigenvalue weighted by Crippen LogP contribution is -2.61. The van der Waals surface area contributed by atoms with Crippen LogP contribution in [0.2, 0.25) is 0 Å². The molecular weight excluding hydrogens is 454 g/mol. The number of aliphatic hydroxyl groups is 1. The quantitative estimate of drug-likeness (QED) is 0.266. The van der Waals surface area contributed by atoms with E-state index < -0.39 is 41.9 Å². The van der Waals surface area contributed by atoms with Gasteiger partial charge in [0.15, 0.2) is 6.23 Å². The number of rotatable bonds is 14. The first-order valence-electron chi connectivity index (χ1n) is 11.7. The van der Waals surface area contributed by atoms with E-state index in [1.54, 1.807) is 34.0 Å². The van der Waals surface area contributed by atoms with E-state index in [9.17, 15) is 24.6 Å². The number of hydrogen-bond acceptors (Lipinski definition) is 7. The molecule has 0 radical (unpaired) electrons. The summed E-state index contributed by atoms with van der Waals surface area (Å²) in [6.45, 7) is 7.53. The Morgan fingerprint density at radius 1 is 1.17 bits per heavy atom. The highest BCUT2D eigenvalue weighted by molar-refractivity contribution is 6.00. The summed E-state index contributed by atoms with van der Waals surface area (Å²) in [5.74, 6) is -1.95. The van der Waals surface area contributed by atoms with Gasteiger partial charge in [0.05, 0.1) is 19.3 Å². The van der Waals surface area contributed by atoms with Crippen LogP contribution in [0.15, 0.2) is 42.8 Å². The van der Waals surface area contributed by atoms with E-state index in [4.69, 9.17) is 9.47 Å². The molecule has 1 rings (SSSR count). The van der Waals surface area contributed by atoms with Gasteiger partial charge in [0.2, 0.25) is 5.91 Å². The summed E-state index contributed by atoms with van der Waals surface area (Å²) in [7, 11) is 1.69. The highest BCUT2D eigenvalue weighted by Gasteiger charge is 2.45. The summed E-state index contributed by atoms with van der Waals surface area (Å²) in [5, 5.41) is 22.4. The molecule has 35 heavy (non-hydrogen) atoms. The van der Waals surface area contributed by atoms with E-state index in [-0.39, 0.29) is 19.6 Å². The minimum Gasteiger partial charge on any atom is -0.480 e. The molecule has 0 saturated carbocycles. The number of imide groups is 1. The van der Waals surface area contributed by atoms with E-state index in [1.165, 1.54) is 25.0 Å². The maximum Gasteiger partial charge on any atom is 0.330 e. The number of carbonyl (C=O) groups is 3. The van der Waals surface area contributed by atoms with Gasteiger partial charge in [-0.3, -0.25) is 9.69 Å². The van der Waals surface area contributed by atoms with Gasteiger partial charge in [0, 0.05) is 26.1 Å². The molecule has 3 atom stereocenters. The molecule has 0 saturated heterocycles. The zero-order chi connectivity index (χ0) is 26.6. The molecule has 196 valence electrons. The van der Waals surface area contributed by atoms with Crippen molar-refractivity contribution in [2.75, 3.05) is 20.2 Å². The summed E-state index contributed by atoms with van der Waals surface area (Å²) in [4.78, 5) is 40.8. The Bertz CT molecular complexity index is 843. The van der Waals surface area contributed by atoms with Crippen LogP contribution in [0, 0.1) is 0 Å². The standard InChI is InChI=1S/C25H39N3O7/c1-7-21(30)28(25(4,5)23(31)32)24(33)27(22(8-2)34-15-14-26-6)16-20(35-17-18(3)29)19-12-10-9-11-13-19/h9-15,18,20,22,26,29H,7-8,16-17H2,1-6H3,(H,31,32)/b15-14-/t18?,20-,22?/m0/s1. The largest absolute Gasteiger partial charge is 0.480 e. The van der Waals surface area contributed by atoms with Crippen LogP contribution < -0.4 is 5.32 Å². The minimum atomic E-state index is -1.80. The molecule has 0 aromatic heterocycles. The Kier molecular flexibility index (Phi) is 12.2. The number of ether oxygens (including phenoxy) is 2. The van der Waals surface area contributed by atoms with Crippen LogP contribution in [0.5, 0.6) is 0 Å². The number of carboxylic acids is 1. The number of nitrogens with zero attached hydrogens (tertiary/aromatic N) is 2. The van der Waals surface area contributed by atoms with Gasteiger partial charge in [-0.15, -0.1) is 0 Å². The second-order valence-corrected chi connectivity index (χ2v) is 8.55. The first kappa shape index (κ1) is 29.9. The average Bonchev–Trinajstić information content (AvgIpc) is 2.82. The number of aliphatic carboxylic acids is 1. The molecule has 3 amide bonds. The van der Waals surface area contributed by atoms with Crippen LogP contribution in [0.3, 0.4) is 0 Å². The van der Waals surface area contributed by atoms with Gasteiger partial charge < -0.3 is 25.0 Å². The number of benzene rings is 1. The third-order valence-corrected chi connectivity index (χ3v) is 5.31. The van der Waals surface area contributed by atoms with Crippen molar-refractivity contribution in [1.29, 1.82) is 0 Å². The maximum atomic E-state index is 13.9. The lowest BCUT2D eigenvalue weighted by Gasteiger charge is -2.40. The predicted octanol–water partition coefficient (Wildman–Crippen LogP) is 3.09. The molecule has 0 fully saturated rings. The number of carboxylic acid groups (broad SMARTS) is 1. The van der Waals surface area contributed by atoms with Gasteiger partial charge >= 0.3 is 12.0 Å². The van der Waals surface area contributed by atoms with Crippen molar-refractivity contribution < 1.29 is 34.1 Å². The van der Waals surface area contributed by atoms with Gasteiger partial charge in [-0.2, -0.15) is 0 Å². The first-order valence-corrected chi connectivity index (χ1v) is 11.7. The molecule has 0 aliphatic rings.